The lowest BCUT2D eigenvalue weighted by molar-refractivity contribution is -0.116. The zero-order valence-electron chi connectivity index (χ0n) is 17.1. The molecule has 1 heterocycles. The summed E-state index contributed by atoms with van der Waals surface area (Å²) in [5.41, 5.74) is 4.64. The summed E-state index contributed by atoms with van der Waals surface area (Å²) in [7, 11) is -3.39. The number of fused-ring (bicyclic) bond motifs is 2. The molecule has 0 saturated carbocycles. The van der Waals surface area contributed by atoms with E-state index in [1.807, 2.05) is 6.92 Å². The Bertz CT molecular complexity index is 1420. The molecule has 5 nitrogen and oxygen atoms in total. The molecule has 0 spiro atoms. The van der Waals surface area contributed by atoms with E-state index in [1.165, 1.54) is 27.8 Å². The van der Waals surface area contributed by atoms with Crippen LogP contribution in [0.5, 0.6) is 0 Å². The van der Waals surface area contributed by atoms with E-state index in [0.29, 0.717) is 10.0 Å². The van der Waals surface area contributed by atoms with Gasteiger partial charge in [-0.15, -0.1) is 0 Å². The van der Waals surface area contributed by atoms with E-state index in [2.05, 4.69) is 34.6 Å². The lowest BCUT2D eigenvalue weighted by Gasteiger charge is -2.05. The molecule has 0 saturated heterocycles. The molecule has 0 aliphatic heterocycles. The van der Waals surface area contributed by atoms with E-state index in [-0.39, 0.29) is 24.5 Å². The van der Waals surface area contributed by atoms with Crippen molar-refractivity contribution in [3.05, 3.63) is 65.2 Å². The van der Waals surface area contributed by atoms with Crippen LogP contribution in [-0.2, 0) is 27.5 Å². The number of benzene rings is 3. The fourth-order valence-electron chi connectivity index (χ4n) is 4.23. The number of aryl methyl sites for hydroxylation is 3. The Morgan fingerprint density at radius 2 is 1.87 bits per heavy atom. The zero-order valence-corrected chi connectivity index (χ0v) is 18.8. The highest BCUT2D eigenvalue weighted by Crippen LogP contribution is 2.39. The first-order valence-corrected chi connectivity index (χ1v) is 12.8. The maximum absolute atomic E-state index is 12.4. The van der Waals surface area contributed by atoms with Gasteiger partial charge in [0.15, 0.2) is 15.0 Å². The molecule has 3 aromatic carbocycles. The fourth-order valence-corrected chi connectivity index (χ4v) is 6.50. The van der Waals surface area contributed by atoms with E-state index in [4.69, 9.17) is 0 Å². The summed E-state index contributed by atoms with van der Waals surface area (Å²) in [6, 6.07) is 15.3. The van der Waals surface area contributed by atoms with Gasteiger partial charge in [-0.3, -0.25) is 4.79 Å². The molecule has 0 bridgehead atoms. The van der Waals surface area contributed by atoms with Gasteiger partial charge in [0, 0.05) is 11.8 Å². The number of nitrogens with one attached hydrogen (secondary N) is 1. The summed E-state index contributed by atoms with van der Waals surface area (Å²) in [5.74, 6) is -0.268. The minimum absolute atomic E-state index is 0.0555. The molecule has 7 heteroatoms. The van der Waals surface area contributed by atoms with Crippen molar-refractivity contribution < 1.29 is 13.2 Å². The molecule has 1 amide bonds. The molecule has 158 valence electrons. The van der Waals surface area contributed by atoms with Crippen LogP contribution >= 0.6 is 11.3 Å². The third-order valence-corrected chi connectivity index (χ3v) is 8.53. The van der Waals surface area contributed by atoms with Crippen molar-refractivity contribution in [1.29, 1.82) is 0 Å². The Kier molecular flexibility index (Phi) is 5.02. The van der Waals surface area contributed by atoms with Crippen molar-refractivity contribution in [2.24, 2.45) is 0 Å². The number of sulfone groups is 1. The van der Waals surface area contributed by atoms with Crippen LogP contribution in [0.25, 0.3) is 21.0 Å². The fraction of sp³-hybridized carbons (Fsp3) is 0.250. The van der Waals surface area contributed by atoms with Crippen molar-refractivity contribution in [2.45, 2.75) is 37.5 Å². The monoisotopic (exact) mass is 450 g/mol. The number of nitrogens with zero attached hydrogens (tertiary/aromatic N) is 1. The van der Waals surface area contributed by atoms with Crippen LogP contribution in [0.3, 0.4) is 0 Å². The number of hydrogen-bond donors (Lipinski definition) is 1. The molecule has 5 rings (SSSR count). The maximum Gasteiger partial charge on any atom is 0.226 e. The van der Waals surface area contributed by atoms with E-state index < -0.39 is 9.84 Å². The van der Waals surface area contributed by atoms with Crippen LogP contribution in [0, 0.1) is 6.92 Å². The van der Waals surface area contributed by atoms with Gasteiger partial charge < -0.3 is 5.32 Å². The largest absolute Gasteiger partial charge is 0.302 e. The third-order valence-electron chi connectivity index (χ3n) is 5.79. The number of thiazole rings is 1. The highest BCUT2D eigenvalue weighted by atomic mass is 32.2. The lowest BCUT2D eigenvalue weighted by Crippen LogP contribution is -2.14. The molecule has 1 N–H and O–H groups in total. The molecule has 4 aromatic rings. The molecule has 1 aromatic heterocycles. The average molecular weight is 451 g/mol. The van der Waals surface area contributed by atoms with Gasteiger partial charge in [-0.05, 0) is 60.9 Å². The van der Waals surface area contributed by atoms with Crippen molar-refractivity contribution in [3.8, 4) is 0 Å². The Morgan fingerprint density at radius 1 is 1.10 bits per heavy atom. The quantitative estimate of drug-likeness (QED) is 0.446. The van der Waals surface area contributed by atoms with Gasteiger partial charge in [0.2, 0.25) is 5.91 Å². The van der Waals surface area contributed by atoms with Crippen molar-refractivity contribution in [2.75, 3.05) is 11.1 Å². The molecule has 0 atom stereocenters. The van der Waals surface area contributed by atoms with E-state index >= 15 is 0 Å². The Morgan fingerprint density at radius 3 is 2.68 bits per heavy atom. The minimum Gasteiger partial charge on any atom is -0.302 e. The number of aromatic nitrogens is 1. The number of rotatable bonds is 6. The standard InChI is InChI=1S/C24H22N2O3S2/c1-15-7-11-18(12-8-15)31(28,29)13-3-6-21(27)25-24-26-23-19-5-2-4-16-9-10-17(22(16)19)14-20(23)30-24/h2,4-5,7-8,11-12,14H,3,6,9-10,13H2,1H3,(H,25,26,27). The van der Waals surface area contributed by atoms with Crippen LogP contribution in [0.1, 0.15) is 29.5 Å². The number of carbonyl (C=O) groups is 1. The van der Waals surface area contributed by atoms with Crippen molar-refractivity contribution in [1.82, 2.24) is 4.98 Å². The first kappa shape index (κ1) is 20.2. The van der Waals surface area contributed by atoms with Crippen molar-refractivity contribution in [3.63, 3.8) is 0 Å². The second-order valence-corrected chi connectivity index (χ2v) is 11.2. The third kappa shape index (κ3) is 3.83. The number of hydrogen-bond acceptors (Lipinski definition) is 5. The molecule has 31 heavy (non-hydrogen) atoms. The summed E-state index contributed by atoms with van der Waals surface area (Å²) in [4.78, 5) is 17.4. The SMILES string of the molecule is Cc1ccc(S(=O)(=O)CCCC(=O)Nc2nc3c(cc4c5c(cccc53)CC4)s2)cc1. The van der Waals surface area contributed by atoms with E-state index in [0.717, 1.165) is 34.0 Å². The molecule has 0 unspecified atom stereocenters. The normalized spacial score (nSPS) is 13.2. The maximum atomic E-state index is 12.4. The summed E-state index contributed by atoms with van der Waals surface area (Å²) in [6.07, 6.45) is 2.51. The predicted octanol–water partition coefficient (Wildman–Crippen LogP) is 5.05. The van der Waals surface area contributed by atoms with Gasteiger partial charge in [-0.2, -0.15) is 0 Å². The first-order chi connectivity index (χ1) is 14.9. The molecular formula is C24H22N2O3S2. The Hall–Kier alpha value is -2.77. The summed E-state index contributed by atoms with van der Waals surface area (Å²) in [6.45, 7) is 1.91. The van der Waals surface area contributed by atoms with Crippen LogP contribution in [-0.4, -0.2) is 25.1 Å². The average Bonchev–Trinajstić information content (AvgIpc) is 3.33. The summed E-state index contributed by atoms with van der Waals surface area (Å²) < 4.78 is 26.0. The van der Waals surface area contributed by atoms with Gasteiger partial charge in [-0.1, -0.05) is 47.2 Å². The second-order valence-electron chi connectivity index (χ2n) is 8.02. The highest BCUT2D eigenvalue weighted by Gasteiger charge is 2.19. The second kappa shape index (κ2) is 7.73. The Balaban J connectivity index is 1.27. The molecule has 1 aliphatic rings. The van der Waals surface area contributed by atoms with Gasteiger partial charge in [0.05, 0.1) is 20.9 Å². The Labute approximate surface area is 185 Å². The van der Waals surface area contributed by atoms with E-state index in [1.54, 1.807) is 24.3 Å². The first-order valence-electron chi connectivity index (χ1n) is 10.3. The number of anilines is 1. The zero-order chi connectivity index (χ0) is 21.6. The van der Waals surface area contributed by atoms with Crippen molar-refractivity contribution >= 4 is 53.2 Å². The van der Waals surface area contributed by atoms with Crippen LogP contribution in [0.15, 0.2) is 53.4 Å². The van der Waals surface area contributed by atoms with Gasteiger partial charge >= 0.3 is 0 Å². The molecule has 0 fully saturated rings. The van der Waals surface area contributed by atoms with Crippen LogP contribution in [0.2, 0.25) is 0 Å². The topological polar surface area (TPSA) is 76.1 Å². The van der Waals surface area contributed by atoms with Gasteiger partial charge in [-0.25, -0.2) is 13.4 Å². The minimum atomic E-state index is -3.39. The van der Waals surface area contributed by atoms with Crippen LogP contribution in [0.4, 0.5) is 5.13 Å². The summed E-state index contributed by atoms with van der Waals surface area (Å²) in [5, 5.41) is 5.86. The number of carbonyl (C=O) groups excluding carboxylic acids is 1. The smallest absolute Gasteiger partial charge is 0.226 e. The van der Waals surface area contributed by atoms with E-state index in [9.17, 15) is 13.2 Å². The van der Waals surface area contributed by atoms with Gasteiger partial charge in [0.1, 0.15) is 0 Å². The summed E-state index contributed by atoms with van der Waals surface area (Å²) >= 11 is 1.47. The lowest BCUT2D eigenvalue weighted by atomic mass is 10.0. The number of amides is 1. The van der Waals surface area contributed by atoms with Crippen LogP contribution < -0.4 is 5.32 Å². The highest BCUT2D eigenvalue weighted by molar-refractivity contribution is 7.91. The molecule has 1 aliphatic carbocycles. The molecular weight excluding hydrogens is 428 g/mol. The predicted molar refractivity (Wildman–Crippen MR) is 126 cm³/mol. The van der Waals surface area contributed by atoms with Gasteiger partial charge in [0.25, 0.3) is 0 Å². The molecule has 0 radical (unpaired) electrons.